The highest BCUT2D eigenvalue weighted by Gasteiger charge is 2.04. The molecule has 1 aromatic carbocycles. The van der Waals surface area contributed by atoms with E-state index in [9.17, 15) is 4.79 Å². The summed E-state index contributed by atoms with van der Waals surface area (Å²) in [5, 5.41) is 7.40. The van der Waals surface area contributed by atoms with Gasteiger partial charge < -0.3 is 4.74 Å². The van der Waals surface area contributed by atoms with E-state index in [0.29, 0.717) is 11.3 Å². The van der Waals surface area contributed by atoms with Crippen LogP contribution in [-0.2, 0) is 0 Å². The van der Waals surface area contributed by atoms with Crippen molar-refractivity contribution in [1.82, 2.24) is 14.8 Å². The predicted molar refractivity (Wildman–Crippen MR) is 53.3 cm³/mol. The molecule has 2 aromatic rings. The van der Waals surface area contributed by atoms with Crippen molar-refractivity contribution < 1.29 is 9.53 Å². The molecule has 1 aromatic heterocycles. The van der Waals surface area contributed by atoms with Crippen LogP contribution >= 0.6 is 0 Å². The number of rotatable bonds is 3. The van der Waals surface area contributed by atoms with Gasteiger partial charge in [-0.15, -0.1) is 10.2 Å². The minimum Gasteiger partial charge on any atom is -0.496 e. The van der Waals surface area contributed by atoms with Gasteiger partial charge in [-0.2, -0.15) is 0 Å². The average Bonchev–Trinajstić information content (AvgIpc) is 2.81. The molecule has 0 radical (unpaired) electrons. The average molecular weight is 203 g/mol. The summed E-state index contributed by atoms with van der Waals surface area (Å²) in [6.45, 7) is 0. The highest BCUT2D eigenvalue weighted by molar-refractivity contribution is 5.80. The van der Waals surface area contributed by atoms with Gasteiger partial charge in [0.05, 0.1) is 18.4 Å². The fourth-order valence-electron chi connectivity index (χ4n) is 1.29. The third-order valence-electron chi connectivity index (χ3n) is 2.06. The lowest BCUT2D eigenvalue weighted by atomic mass is 10.2. The first-order valence-corrected chi connectivity index (χ1v) is 4.33. The highest BCUT2D eigenvalue weighted by atomic mass is 16.5. The minimum atomic E-state index is 0.523. The smallest absolute Gasteiger partial charge is 0.153 e. The van der Waals surface area contributed by atoms with Crippen LogP contribution in [0, 0.1) is 0 Å². The molecule has 76 valence electrons. The number of carbonyl (C=O) groups is 1. The molecule has 0 saturated carbocycles. The number of benzene rings is 1. The zero-order chi connectivity index (χ0) is 10.7. The van der Waals surface area contributed by atoms with Gasteiger partial charge in [0.25, 0.3) is 0 Å². The first-order chi connectivity index (χ1) is 7.35. The monoisotopic (exact) mass is 203 g/mol. The molecule has 0 fully saturated rings. The molecule has 15 heavy (non-hydrogen) atoms. The molecule has 0 saturated heterocycles. The Kier molecular flexibility index (Phi) is 2.45. The van der Waals surface area contributed by atoms with Crippen LogP contribution < -0.4 is 4.74 Å². The summed E-state index contributed by atoms with van der Waals surface area (Å²) in [6.07, 6.45) is 3.92. The maximum absolute atomic E-state index is 10.7. The second-order valence-electron chi connectivity index (χ2n) is 2.91. The summed E-state index contributed by atoms with van der Waals surface area (Å²) >= 11 is 0. The zero-order valence-corrected chi connectivity index (χ0v) is 8.12. The summed E-state index contributed by atoms with van der Waals surface area (Å²) < 4.78 is 6.82. The van der Waals surface area contributed by atoms with E-state index in [1.54, 1.807) is 35.4 Å². The molecule has 0 bridgehead atoms. The number of aromatic nitrogens is 3. The first-order valence-electron chi connectivity index (χ1n) is 4.33. The van der Waals surface area contributed by atoms with Gasteiger partial charge >= 0.3 is 0 Å². The van der Waals surface area contributed by atoms with Gasteiger partial charge in [-0.1, -0.05) is 0 Å². The van der Waals surface area contributed by atoms with Crippen LogP contribution in [0.4, 0.5) is 0 Å². The molecule has 2 rings (SSSR count). The van der Waals surface area contributed by atoms with Gasteiger partial charge in [-0.05, 0) is 12.1 Å². The van der Waals surface area contributed by atoms with Gasteiger partial charge in [-0.3, -0.25) is 9.36 Å². The van der Waals surface area contributed by atoms with E-state index in [4.69, 9.17) is 4.74 Å². The van der Waals surface area contributed by atoms with Crippen LogP contribution in [0.2, 0.25) is 0 Å². The molecule has 5 nitrogen and oxygen atoms in total. The summed E-state index contributed by atoms with van der Waals surface area (Å²) in [6, 6.07) is 5.25. The maximum Gasteiger partial charge on any atom is 0.153 e. The zero-order valence-electron chi connectivity index (χ0n) is 8.12. The van der Waals surface area contributed by atoms with Crippen molar-refractivity contribution >= 4 is 6.29 Å². The van der Waals surface area contributed by atoms with Crippen LogP contribution in [0.3, 0.4) is 0 Å². The van der Waals surface area contributed by atoms with Crippen LogP contribution in [0.15, 0.2) is 30.9 Å². The van der Waals surface area contributed by atoms with E-state index in [1.165, 1.54) is 7.11 Å². The second kappa shape index (κ2) is 3.91. The molecule has 1 heterocycles. The third kappa shape index (κ3) is 1.71. The Morgan fingerprint density at radius 3 is 2.67 bits per heavy atom. The fraction of sp³-hybridized carbons (Fsp3) is 0.100. The van der Waals surface area contributed by atoms with Gasteiger partial charge in [0, 0.05) is 6.07 Å². The molecule has 0 aliphatic rings. The van der Waals surface area contributed by atoms with Crippen LogP contribution in [0.1, 0.15) is 10.4 Å². The molecule has 0 N–H and O–H groups in total. The number of nitrogens with zero attached hydrogens (tertiary/aromatic N) is 3. The molecule has 0 amide bonds. The van der Waals surface area contributed by atoms with Crippen molar-refractivity contribution in [3.8, 4) is 11.4 Å². The molecule has 0 aliphatic heterocycles. The summed E-state index contributed by atoms with van der Waals surface area (Å²) in [5.74, 6) is 0.538. The van der Waals surface area contributed by atoms with Gasteiger partial charge in [0.2, 0.25) is 0 Å². The number of ether oxygens (including phenoxy) is 1. The van der Waals surface area contributed by atoms with Gasteiger partial charge in [0.15, 0.2) is 6.29 Å². The minimum absolute atomic E-state index is 0.523. The largest absolute Gasteiger partial charge is 0.496 e. The van der Waals surface area contributed by atoms with Crippen molar-refractivity contribution in [2.75, 3.05) is 7.11 Å². The van der Waals surface area contributed by atoms with E-state index in [-0.39, 0.29) is 0 Å². The second-order valence-corrected chi connectivity index (χ2v) is 2.91. The van der Waals surface area contributed by atoms with Crippen LogP contribution in [0.5, 0.6) is 5.75 Å². The third-order valence-corrected chi connectivity index (χ3v) is 2.06. The Labute approximate surface area is 86.3 Å². The van der Waals surface area contributed by atoms with Crippen molar-refractivity contribution in [1.29, 1.82) is 0 Å². The molecule has 0 atom stereocenters. The quantitative estimate of drug-likeness (QED) is 0.700. The highest BCUT2D eigenvalue weighted by Crippen LogP contribution is 2.20. The van der Waals surface area contributed by atoms with Gasteiger partial charge in [-0.25, -0.2) is 0 Å². The van der Waals surface area contributed by atoms with Crippen molar-refractivity contribution in [3.63, 3.8) is 0 Å². The van der Waals surface area contributed by atoms with Crippen LogP contribution in [-0.4, -0.2) is 28.2 Å². The molecule has 0 aliphatic carbocycles. The topological polar surface area (TPSA) is 57.0 Å². The molecular weight excluding hydrogens is 194 g/mol. The number of methoxy groups -OCH3 is 1. The number of carbonyl (C=O) groups excluding carboxylic acids is 1. The maximum atomic E-state index is 10.7. The summed E-state index contributed by atoms with van der Waals surface area (Å²) in [4.78, 5) is 10.7. The lowest BCUT2D eigenvalue weighted by Crippen LogP contribution is -1.95. The Balaban J connectivity index is 2.48. The lowest BCUT2D eigenvalue weighted by molar-refractivity contribution is 0.112. The predicted octanol–water partition coefficient (Wildman–Crippen LogP) is 1.09. The number of hydrogen-bond acceptors (Lipinski definition) is 4. The Bertz CT molecular complexity index is 466. The Morgan fingerprint density at radius 1 is 1.33 bits per heavy atom. The number of hydrogen-bond donors (Lipinski definition) is 0. The SMILES string of the molecule is COc1cc(-n2cnnc2)ccc1C=O. The molecular formula is C10H9N3O2. The van der Waals surface area contributed by atoms with Gasteiger partial charge in [0.1, 0.15) is 18.4 Å². The lowest BCUT2D eigenvalue weighted by Gasteiger charge is -2.06. The molecule has 0 spiro atoms. The Hall–Kier alpha value is -2.17. The van der Waals surface area contributed by atoms with Crippen molar-refractivity contribution in [3.05, 3.63) is 36.4 Å². The summed E-state index contributed by atoms with van der Waals surface area (Å²) in [5.41, 5.74) is 1.37. The normalized spacial score (nSPS) is 9.93. The molecule has 5 heteroatoms. The Morgan fingerprint density at radius 2 is 2.07 bits per heavy atom. The molecule has 0 unspecified atom stereocenters. The number of aldehydes is 1. The fourth-order valence-corrected chi connectivity index (χ4v) is 1.29. The van der Waals surface area contributed by atoms with Crippen LogP contribution in [0.25, 0.3) is 5.69 Å². The van der Waals surface area contributed by atoms with E-state index < -0.39 is 0 Å². The van der Waals surface area contributed by atoms with E-state index in [2.05, 4.69) is 10.2 Å². The van der Waals surface area contributed by atoms with E-state index in [1.807, 2.05) is 0 Å². The van der Waals surface area contributed by atoms with Crippen molar-refractivity contribution in [2.24, 2.45) is 0 Å². The summed E-state index contributed by atoms with van der Waals surface area (Å²) in [7, 11) is 1.53. The van der Waals surface area contributed by atoms with Crippen molar-refractivity contribution in [2.45, 2.75) is 0 Å². The first kappa shape index (κ1) is 9.39. The standard InChI is InChI=1S/C10H9N3O2/c1-15-10-4-9(3-2-8(10)5-14)13-6-11-12-7-13/h2-7H,1H3. The van der Waals surface area contributed by atoms with E-state index in [0.717, 1.165) is 12.0 Å². The van der Waals surface area contributed by atoms with E-state index >= 15 is 0 Å².